The zero-order chi connectivity index (χ0) is 15.1. The van der Waals surface area contributed by atoms with Crippen LogP contribution in [-0.4, -0.2) is 31.0 Å². The van der Waals surface area contributed by atoms with Gasteiger partial charge in [0.25, 0.3) is 0 Å². The van der Waals surface area contributed by atoms with Gasteiger partial charge >= 0.3 is 0 Å². The molecule has 1 amide bonds. The number of hydrogen-bond acceptors (Lipinski definition) is 4. The number of nitrogens with zero attached hydrogens (tertiary/aromatic N) is 1. The van der Waals surface area contributed by atoms with Crippen LogP contribution in [0.4, 0.5) is 5.69 Å². The van der Waals surface area contributed by atoms with Crippen molar-refractivity contribution in [2.24, 2.45) is 0 Å². The molecule has 0 radical (unpaired) electrons. The highest BCUT2D eigenvalue weighted by molar-refractivity contribution is 7.09. The molecule has 4 nitrogen and oxygen atoms in total. The highest BCUT2D eigenvalue weighted by Gasteiger charge is 2.08. The molecule has 0 saturated heterocycles. The number of likely N-dealkylation sites (N-methyl/N-ethyl adjacent to an activating group) is 1. The topological polar surface area (TPSA) is 41.6 Å². The summed E-state index contributed by atoms with van der Waals surface area (Å²) in [5.41, 5.74) is 0.785. The fraction of sp³-hybridized carbons (Fsp3) is 0.312. The van der Waals surface area contributed by atoms with E-state index < -0.39 is 0 Å². The molecular formula is C16H20N2O2S. The molecule has 0 aliphatic carbocycles. The van der Waals surface area contributed by atoms with E-state index in [1.54, 1.807) is 11.3 Å². The van der Waals surface area contributed by atoms with Crippen molar-refractivity contribution in [3.05, 3.63) is 46.7 Å². The van der Waals surface area contributed by atoms with Crippen LogP contribution >= 0.6 is 11.3 Å². The first-order chi connectivity index (χ1) is 10.2. The SMILES string of the molecule is CCOc1ccc(NC(=O)CN(C)Cc2cccs2)cc1. The Morgan fingerprint density at radius 2 is 2.05 bits per heavy atom. The standard InChI is InChI=1S/C16H20N2O2S/c1-3-20-14-8-6-13(7-9-14)17-16(19)12-18(2)11-15-5-4-10-21-15/h4-10H,3,11-12H2,1-2H3,(H,17,19). The molecule has 0 fully saturated rings. The minimum absolute atomic E-state index is 0.0155. The first-order valence-electron chi connectivity index (χ1n) is 6.91. The van der Waals surface area contributed by atoms with E-state index in [0.717, 1.165) is 18.0 Å². The molecule has 0 aliphatic heterocycles. The van der Waals surface area contributed by atoms with Crippen molar-refractivity contribution < 1.29 is 9.53 Å². The summed E-state index contributed by atoms with van der Waals surface area (Å²) in [7, 11) is 1.94. The lowest BCUT2D eigenvalue weighted by Gasteiger charge is -2.15. The number of hydrogen-bond donors (Lipinski definition) is 1. The number of nitrogens with one attached hydrogen (secondary N) is 1. The minimum Gasteiger partial charge on any atom is -0.494 e. The first kappa shape index (κ1) is 15.5. The van der Waals surface area contributed by atoms with Crippen LogP contribution in [0.1, 0.15) is 11.8 Å². The Morgan fingerprint density at radius 3 is 2.67 bits per heavy atom. The van der Waals surface area contributed by atoms with Gasteiger partial charge < -0.3 is 10.1 Å². The normalized spacial score (nSPS) is 10.6. The van der Waals surface area contributed by atoms with Gasteiger partial charge in [0.2, 0.25) is 5.91 Å². The van der Waals surface area contributed by atoms with Crippen LogP contribution in [0.15, 0.2) is 41.8 Å². The van der Waals surface area contributed by atoms with Crippen molar-refractivity contribution in [1.29, 1.82) is 0 Å². The quantitative estimate of drug-likeness (QED) is 0.854. The Balaban J connectivity index is 1.80. The first-order valence-corrected chi connectivity index (χ1v) is 7.79. The van der Waals surface area contributed by atoms with Crippen molar-refractivity contribution in [1.82, 2.24) is 4.90 Å². The Hall–Kier alpha value is -1.85. The second-order valence-electron chi connectivity index (χ2n) is 4.76. The maximum Gasteiger partial charge on any atom is 0.238 e. The Labute approximate surface area is 129 Å². The maximum absolute atomic E-state index is 12.0. The molecule has 0 atom stereocenters. The van der Waals surface area contributed by atoms with Gasteiger partial charge in [-0.2, -0.15) is 0 Å². The van der Waals surface area contributed by atoms with E-state index in [4.69, 9.17) is 4.74 Å². The van der Waals surface area contributed by atoms with E-state index in [2.05, 4.69) is 11.4 Å². The second kappa shape index (κ2) is 7.81. The van der Waals surface area contributed by atoms with Gasteiger partial charge in [0.15, 0.2) is 0 Å². The predicted molar refractivity (Wildman–Crippen MR) is 86.9 cm³/mol. The molecule has 1 N–H and O–H groups in total. The Bertz CT molecular complexity index is 552. The zero-order valence-corrected chi connectivity index (χ0v) is 13.2. The van der Waals surface area contributed by atoms with Gasteiger partial charge in [-0.05, 0) is 49.7 Å². The molecule has 0 unspecified atom stereocenters. The van der Waals surface area contributed by atoms with Crippen molar-refractivity contribution in [3.8, 4) is 5.75 Å². The molecule has 2 rings (SSSR count). The molecule has 0 spiro atoms. The fourth-order valence-electron chi connectivity index (χ4n) is 1.97. The number of thiophene rings is 1. The summed E-state index contributed by atoms with van der Waals surface area (Å²) < 4.78 is 5.37. The molecule has 112 valence electrons. The van der Waals surface area contributed by atoms with Gasteiger partial charge in [0.1, 0.15) is 5.75 Å². The summed E-state index contributed by atoms with van der Waals surface area (Å²) in [5, 5.41) is 4.93. The number of carbonyl (C=O) groups excluding carboxylic acids is 1. The number of ether oxygens (including phenoxy) is 1. The van der Waals surface area contributed by atoms with Crippen LogP contribution in [0.3, 0.4) is 0 Å². The van der Waals surface area contributed by atoms with E-state index in [9.17, 15) is 4.79 Å². The smallest absolute Gasteiger partial charge is 0.238 e. The number of amides is 1. The van der Waals surface area contributed by atoms with E-state index >= 15 is 0 Å². The van der Waals surface area contributed by atoms with Crippen molar-refractivity contribution in [3.63, 3.8) is 0 Å². The molecule has 2 aromatic rings. The second-order valence-corrected chi connectivity index (χ2v) is 5.79. The van der Waals surface area contributed by atoms with E-state index in [0.29, 0.717) is 13.2 Å². The highest BCUT2D eigenvalue weighted by atomic mass is 32.1. The van der Waals surface area contributed by atoms with Crippen molar-refractivity contribution in [2.75, 3.05) is 25.5 Å². The molecule has 1 aromatic carbocycles. The van der Waals surface area contributed by atoms with E-state index in [1.165, 1.54) is 4.88 Å². The van der Waals surface area contributed by atoms with Gasteiger partial charge in [-0.25, -0.2) is 0 Å². The maximum atomic E-state index is 12.0. The average molecular weight is 304 g/mol. The highest BCUT2D eigenvalue weighted by Crippen LogP contribution is 2.16. The van der Waals surface area contributed by atoms with Crippen molar-refractivity contribution in [2.45, 2.75) is 13.5 Å². The number of rotatable bonds is 7. The van der Waals surface area contributed by atoms with Crippen LogP contribution in [0.5, 0.6) is 5.75 Å². The number of carbonyl (C=O) groups is 1. The number of anilines is 1. The third-order valence-corrected chi connectivity index (χ3v) is 3.73. The summed E-state index contributed by atoms with van der Waals surface area (Å²) in [6.45, 7) is 3.73. The van der Waals surface area contributed by atoms with Crippen LogP contribution in [0.2, 0.25) is 0 Å². The lowest BCUT2D eigenvalue weighted by Crippen LogP contribution is -2.29. The van der Waals surface area contributed by atoms with E-state index in [1.807, 2.05) is 54.6 Å². The fourth-order valence-corrected chi connectivity index (χ4v) is 2.76. The Kier molecular flexibility index (Phi) is 5.78. The largest absolute Gasteiger partial charge is 0.494 e. The molecule has 0 saturated carbocycles. The average Bonchev–Trinajstić information content (AvgIpc) is 2.93. The van der Waals surface area contributed by atoms with Crippen molar-refractivity contribution >= 4 is 22.9 Å². The zero-order valence-electron chi connectivity index (χ0n) is 12.3. The summed E-state index contributed by atoms with van der Waals surface area (Å²) in [6, 6.07) is 11.5. The lowest BCUT2D eigenvalue weighted by atomic mass is 10.3. The number of benzene rings is 1. The summed E-state index contributed by atoms with van der Waals surface area (Å²) >= 11 is 1.70. The molecule has 5 heteroatoms. The molecule has 0 aliphatic rings. The third kappa shape index (κ3) is 5.21. The summed E-state index contributed by atoms with van der Waals surface area (Å²) in [5.74, 6) is 0.795. The van der Waals surface area contributed by atoms with Gasteiger partial charge in [0.05, 0.1) is 13.2 Å². The van der Waals surface area contributed by atoms with Crippen LogP contribution in [-0.2, 0) is 11.3 Å². The summed E-state index contributed by atoms with van der Waals surface area (Å²) in [6.07, 6.45) is 0. The predicted octanol–water partition coefficient (Wildman–Crippen LogP) is 3.22. The monoisotopic (exact) mass is 304 g/mol. The molecule has 0 bridgehead atoms. The lowest BCUT2D eigenvalue weighted by molar-refractivity contribution is -0.117. The van der Waals surface area contributed by atoms with E-state index in [-0.39, 0.29) is 5.91 Å². The van der Waals surface area contributed by atoms with Gasteiger partial charge in [0, 0.05) is 17.1 Å². The van der Waals surface area contributed by atoms with Gasteiger partial charge in [-0.3, -0.25) is 9.69 Å². The van der Waals surface area contributed by atoms with Crippen LogP contribution in [0.25, 0.3) is 0 Å². The third-order valence-electron chi connectivity index (χ3n) is 2.87. The van der Waals surface area contributed by atoms with Gasteiger partial charge in [-0.15, -0.1) is 11.3 Å². The van der Waals surface area contributed by atoms with Crippen LogP contribution < -0.4 is 10.1 Å². The molecule has 21 heavy (non-hydrogen) atoms. The Morgan fingerprint density at radius 1 is 1.29 bits per heavy atom. The molecule has 1 heterocycles. The minimum atomic E-state index is -0.0155. The molecule has 1 aromatic heterocycles. The van der Waals surface area contributed by atoms with Gasteiger partial charge in [-0.1, -0.05) is 6.07 Å². The molecular weight excluding hydrogens is 284 g/mol. The van der Waals surface area contributed by atoms with Crippen LogP contribution in [0, 0.1) is 0 Å². The summed E-state index contributed by atoms with van der Waals surface area (Å²) in [4.78, 5) is 15.2.